The Balaban J connectivity index is 2.13. The number of rotatable bonds is 6. The van der Waals surface area contributed by atoms with E-state index in [4.69, 9.17) is 16.3 Å². The summed E-state index contributed by atoms with van der Waals surface area (Å²) in [5.74, 6) is -0.403. The topological polar surface area (TPSA) is 76.1 Å². The van der Waals surface area contributed by atoms with Crippen molar-refractivity contribution < 1.29 is 22.7 Å². The number of alkyl halides is 3. The summed E-state index contributed by atoms with van der Waals surface area (Å²) in [6.07, 6.45) is -4.58. The monoisotopic (exact) mass is 374 g/mol. The standard InChI is InChI=1S/C15H14ClF3N4O2/c1-25-7-6-20-14(24)12-4-5-13(23-22-12)21-11-3-2-9(16)8-10(11)15(17,18)19/h2-5,8H,6-7H2,1H3,(H,20,24)(H,21,23). The van der Waals surface area contributed by atoms with Crippen molar-refractivity contribution in [3.8, 4) is 0 Å². The van der Waals surface area contributed by atoms with E-state index in [0.717, 1.165) is 6.07 Å². The van der Waals surface area contributed by atoms with E-state index in [1.807, 2.05) is 0 Å². The normalized spacial score (nSPS) is 11.2. The maximum absolute atomic E-state index is 13.1. The van der Waals surface area contributed by atoms with Gasteiger partial charge in [-0.15, -0.1) is 10.2 Å². The number of hydrogen-bond donors (Lipinski definition) is 2. The molecule has 1 heterocycles. The third kappa shape index (κ3) is 5.30. The van der Waals surface area contributed by atoms with Crippen molar-refractivity contribution >= 4 is 29.0 Å². The third-order valence-electron chi connectivity index (χ3n) is 3.04. The van der Waals surface area contributed by atoms with Crippen LogP contribution < -0.4 is 10.6 Å². The Kier molecular flexibility index (Phi) is 6.16. The number of nitrogens with one attached hydrogen (secondary N) is 2. The number of benzene rings is 1. The number of halogens is 4. The van der Waals surface area contributed by atoms with Crippen molar-refractivity contribution in [3.05, 3.63) is 46.6 Å². The minimum absolute atomic E-state index is 0.0352. The van der Waals surface area contributed by atoms with Crippen LogP contribution in [0.1, 0.15) is 16.1 Å². The highest BCUT2D eigenvalue weighted by Gasteiger charge is 2.34. The molecular weight excluding hydrogens is 361 g/mol. The summed E-state index contributed by atoms with van der Waals surface area (Å²) in [6, 6.07) is 6.03. The molecule has 0 saturated heterocycles. The molecule has 10 heteroatoms. The maximum atomic E-state index is 13.1. The predicted octanol–water partition coefficient (Wildman–Crippen LogP) is 3.27. The van der Waals surface area contributed by atoms with E-state index in [9.17, 15) is 18.0 Å². The number of carbonyl (C=O) groups is 1. The first-order valence-corrected chi connectivity index (χ1v) is 7.43. The van der Waals surface area contributed by atoms with Gasteiger partial charge < -0.3 is 15.4 Å². The van der Waals surface area contributed by atoms with Crippen LogP contribution >= 0.6 is 11.6 Å². The van der Waals surface area contributed by atoms with Crippen molar-refractivity contribution in [2.24, 2.45) is 0 Å². The molecule has 0 saturated carbocycles. The van der Waals surface area contributed by atoms with E-state index in [1.165, 1.54) is 31.4 Å². The average Bonchev–Trinajstić information content (AvgIpc) is 2.56. The molecule has 0 aliphatic rings. The molecule has 0 fully saturated rings. The van der Waals surface area contributed by atoms with Gasteiger partial charge in [-0.2, -0.15) is 13.2 Å². The Labute approximate surface area is 146 Å². The van der Waals surface area contributed by atoms with Crippen LogP contribution in [0.15, 0.2) is 30.3 Å². The minimum atomic E-state index is -4.58. The quantitative estimate of drug-likeness (QED) is 0.759. The lowest BCUT2D eigenvalue weighted by Gasteiger charge is -2.14. The summed E-state index contributed by atoms with van der Waals surface area (Å²) in [7, 11) is 1.50. The van der Waals surface area contributed by atoms with E-state index in [0.29, 0.717) is 13.2 Å². The van der Waals surface area contributed by atoms with Crippen LogP contribution in [0, 0.1) is 0 Å². The third-order valence-corrected chi connectivity index (χ3v) is 3.27. The van der Waals surface area contributed by atoms with Crippen molar-refractivity contribution in [1.29, 1.82) is 0 Å². The molecule has 0 aliphatic heterocycles. The first kappa shape index (κ1) is 18.9. The number of anilines is 2. The summed E-state index contributed by atoms with van der Waals surface area (Å²) in [6.45, 7) is 0.645. The zero-order chi connectivity index (χ0) is 18.4. The van der Waals surface area contributed by atoms with Gasteiger partial charge in [0.2, 0.25) is 0 Å². The van der Waals surface area contributed by atoms with Crippen LogP contribution in [0.2, 0.25) is 5.02 Å². The Morgan fingerprint density at radius 2 is 2.00 bits per heavy atom. The lowest BCUT2D eigenvalue weighted by Crippen LogP contribution is -2.27. The van der Waals surface area contributed by atoms with E-state index in [2.05, 4.69) is 20.8 Å². The van der Waals surface area contributed by atoms with Crippen LogP contribution in [-0.4, -0.2) is 36.4 Å². The molecule has 0 atom stereocenters. The van der Waals surface area contributed by atoms with Crippen LogP contribution in [0.3, 0.4) is 0 Å². The number of hydrogen-bond acceptors (Lipinski definition) is 5. The Hall–Kier alpha value is -2.39. The van der Waals surface area contributed by atoms with E-state index >= 15 is 0 Å². The average molecular weight is 375 g/mol. The van der Waals surface area contributed by atoms with Gasteiger partial charge in [0.1, 0.15) is 0 Å². The number of methoxy groups -OCH3 is 1. The first-order valence-electron chi connectivity index (χ1n) is 7.06. The second-order valence-corrected chi connectivity index (χ2v) is 5.30. The van der Waals surface area contributed by atoms with Gasteiger partial charge in [0.15, 0.2) is 11.5 Å². The summed E-state index contributed by atoms with van der Waals surface area (Å²) in [5.41, 5.74) is -1.11. The lowest BCUT2D eigenvalue weighted by atomic mass is 10.1. The molecule has 1 aromatic heterocycles. The van der Waals surface area contributed by atoms with Gasteiger partial charge in [-0.05, 0) is 30.3 Å². The SMILES string of the molecule is COCCNC(=O)c1ccc(Nc2ccc(Cl)cc2C(F)(F)F)nn1. The fourth-order valence-corrected chi connectivity index (χ4v) is 2.05. The fourth-order valence-electron chi connectivity index (χ4n) is 1.88. The molecule has 6 nitrogen and oxygen atoms in total. The highest BCUT2D eigenvalue weighted by molar-refractivity contribution is 6.30. The molecule has 2 N–H and O–H groups in total. The summed E-state index contributed by atoms with van der Waals surface area (Å²) >= 11 is 5.62. The minimum Gasteiger partial charge on any atom is -0.383 e. The van der Waals surface area contributed by atoms with Crippen molar-refractivity contribution in [2.75, 3.05) is 25.6 Å². The van der Waals surface area contributed by atoms with Gasteiger partial charge in [0.25, 0.3) is 5.91 Å². The van der Waals surface area contributed by atoms with Crippen LogP contribution in [-0.2, 0) is 10.9 Å². The zero-order valence-corrected chi connectivity index (χ0v) is 13.8. The van der Waals surface area contributed by atoms with E-state index < -0.39 is 17.6 Å². The zero-order valence-electron chi connectivity index (χ0n) is 13.0. The number of carbonyl (C=O) groups excluding carboxylic acids is 1. The molecule has 0 spiro atoms. The number of amides is 1. The number of aromatic nitrogens is 2. The van der Waals surface area contributed by atoms with Crippen LogP contribution in [0.25, 0.3) is 0 Å². The van der Waals surface area contributed by atoms with Gasteiger partial charge >= 0.3 is 6.18 Å². The molecule has 0 radical (unpaired) electrons. The largest absolute Gasteiger partial charge is 0.418 e. The number of ether oxygens (including phenoxy) is 1. The van der Waals surface area contributed by atoms with Gasteiger partial charge in [-0.3, -0.25) is 4.79 Å². The van der Waals surface area contributed by atoms with Crippen molar-refractivity contribution in [3.63, 3.8) is 0 Å². The second kappa shape index (κ2) is 8.13. The molecule has 0 unspecified atom stereocenters. The number of nitrogens with zero attached hydrogens (tertiary/aromatic N) is 2. The highest BCUT2D eigenvalue weighted by atomic mass is 35.5. The highest BCUT2D eigenvalue weighted by Crippen LogP contribution is 2.37. The molecule has 25 heavy (non-hydrogen) atoms. The molecule has 0 bridgehead atoms. The second-order valence-electron chi connectivity index (χ2n) is 4.87. The van der Waals surface area contributed by atoms with Gasteiger partial charge in [-0.1, -0.05) is 11.6 Å². The van der Waals surface area contributed by atoms with Crippen LogP contribution in [0.5, 0.6) is 0 Å². The summed E-state index contributed by atoms with van der Waals surface area (Å²) in [5, 5.41) is 12.4. The van der Waals surface area contributed by atoms with Crippen molar-refractivity contribution in [1.82, 2.24) is 15.5 Å². The van der Waals surface area contributed by atoms with E-state index in [-0.39, 0.29) is 22.2 Å². The molecule has 1 aromatic carbocycles. The van der Waals surface area contributed by atoms with Crippen molar-refractivity contribution in [2.45, 2.75) is 6.18 Å². The summed E-state index contributed by atoms with van der Waals surface area (Å²) < 4.78 is 44.0. The Bertz CT molecular complexity index is 739. The maximum Gasteiger partial charge on any atom is 0.418 e. The molecule has 134 valence electrons. The molecule has 1 amide bonds. The molecular formula is C15H14ClF3N4O2. The predicted molar refractivity (Wildman–Crippen MR) is 86.0 cm³/mol. The van der Waals surface area contributed by atoms with Gasteiger partial charge in [-0.25, -0.2) is 0 Å². The fraction of sp³-hybridized carbons (Fsp3) is 0.267. The smallest absolute Gasteiger partial charge is 0.383 e. The van der Waals surface area contributed by atoms with E-state index in [1.54, 1.807) is 0 Å². The molecule has 2 rings (SSSR count). The molecule has 2 aromatic rings. The van der Waals surface area contributed by atoms with Gasteiger partial charge in [0.05, 0.1) is 17.9 Å². The molecule has 0 aliphatic carbocycles. The van der Waals surface area contributed by atoms with Gasteiger partial charge in [0, 0.05) is 18.7 Å². The lowest BCUT2D eigenvalue weighted by molar-refractivity contribution is -0.136. The Morgan fingerprint density at radius 3 is 2.60 bits per heavy atom. The Morgan fingerprint density at radius 1 is 1.24 bits per heavy atom. The summed E-state index contributed by atoms with van der Waals surface area (Å²) in [4.78, 5) is 11.8. The van der Waals surface area contributed by atoms with Crippen LogP contribution in [0.4, 0.5) is 24.7 Å². The first-order chi connectivity index (χ1) is 11.8.